The highest BCUT2D eigenvalue weighted by Gasteiger charge is 2.28. The van der Waals surface area contributed by atoms with Crippen LogP contribution in [-0.2, 0) is 11.3 Å². The van der Waals surface area contributed by atoms with E-state index < -0.39 is 0 Å². The molecular formula is C20H22N4O3. The number of aliphatic hydroxyl groups is 1. The number of hydrogen-bond acceptors (Lipinski definition) is 5. The minimum Gasteiger partial charge on any atom is -0.396 e. The molecule has 1 saturated heterocycles. The van der Waals surface area contributed by atoms with Crippen molar-refractivity contribution in [3.05, 3.63) is 59.9 Å². The number of aromatic nitrogens is 3. The molecule has 0 bridgehead atoms. The first-order valence-corrected chi connectivity index (χ1v) is 9.11. The van der Waals surface area contributed by atoms with E-state index >= 15 is 0 Å². The molecule has 3 heterocycles. The van der Waals surface area contributed by atoms with Crippen molar-refractivity contribution < 1.29 is 14.6 Å². The number of aliphatic hydroxyl groups excluding tert-OH is 1. The number of carbonyl (C=O) groups is 1. The number of pyridine rings is 1. The van der Waals surface area contributed by atoms with Crippen LogP contribution < -0.4 is 0 Å². The van der Waals surface area contributed by atoms with E-state index in [2.05, 4.69) is 10.1 Å². The summed E-state index contributed by atoms with van der Waals surface area (Å²) in [6, 6.07) is 11.8. The fourth-order valence-corrected chi connectivity index (χ4v) is 3.44. The number of hydrogen-bond donors (Lipinski definition) is 1. The fourth-order valence-electron chi connectivity index (χ4n) is 3.44. The molecule has 140 valence electrons. The van der Waals surface area contributed by atoms with Crippen molar-refractivity contribution in [2.45, 2.75) is 19.0 Å². The van der Waals surface area contributed by atoms with E-state index in [0.29, 0.717) is 38.3 Å². The predicted octanol–water partition coefficient (Wildman–Crippen LogP) is 1.70. The quantitative estimate of drug-likeness (QED) is 0.743. The Morgan fingerprint density at radius 2 is 2.11 bits per heavy atom. The van der Waals surface area contributed by atoms with Gasteiger partial charge in [-0.15, -0.1) is 0 Å². The van der Waals surface area contributed by atoms with Gasteiger partial charge in [-0.25, -0.2) is 9.67 Å². The maximum Gasteiger partial charge on any atom is 0.255 e. The maximum atomic E-state index is 12.9. The lowest BCUT2D eigenvalue weighted by Crippen LogP contribution is -2.49. The van der Waals surface area contributed by atoms with Gasteiger partial charge in [0.15, 0.2) is 5.65 Å². The summed E-state index contributed by atoms with van der Waals surface area (Å²) in [4.78, 5) is 19.2. The summed E-state index contributed by atoms with van der Waals surface area (Å²) in [5.74, 6) is -0.0815. The van der Waals surface area contributed by atoms with Gasteiger partial charge in [0, 0.05) is 24.7 Å². The molecule has 7 heteroatoms. The summed E-state index contributed by atoms with van der Waals surface area (Å²) in [5.41, 5.74) is 2.43. The van der Waals surface area contributed by atoms with Crippen LogP contribution in [0.5, 0.6) is 0 Å². The summed E-state index contributed by atoms with van der Waals surface area (Å²) >= 11 is 0. The molecule has 2 aromatic heterocycles. The van der Waals surface area contributed by atoms with Gasteiger partial charge < -0.3 is 14.7 Å². The second-order valence-electron chi connectivity index (χ2n) is 6.66. The van der Waals surface area contributed by atoms with Crippen molar-refractivity contribution in [1.29, 1.82) is 0 Å². The first-order valence-electron chi connectivity index (χ1n) is 9.11. The number of amides is 1. The van der Waals surface area contributed by atoms with Gasteiger partial charge in [0.1, 0.15) is 0 Å². The van der Waals surface area contributed by atoms with Crippen LogP contribution in [0.3, 0.4) is 0 Å². The molecular weight excluding hydrogens is 344 g/mol. The third kappa shape index (κ3) is 3.70. The van der Waals surface area contributed by atoms with Gasteiger partial charge in [0.05, 0.1) is 37.6 Å². The molecule has 0 radical (unpaired) electrons. The molecule has 27 heavy (non-hydrogen) atoms. The minimum atomic E-state index is -0.104. The minimum absolute atomic E-state index is 0.0291. The molecule has 1 atom stereocenters. The number of nitrogens with zero attached hydrogens (tertiary/aromatic N) is 4. The van der Waals surface area contributed by atoms with Crippen LogP contribution >= 0.6 is 0 Å². The Labute approximate surface area is 157 Å². The zero-order chi connectivity index (χ0) is 18.6. The van der Waals surface area contributed by atoms with Crippen molar-refractivity contribution in [1.82, 2.24) is 19.7 Å². The monoisotopic (exact) mass is 366 g/mol. The summed E-state index contributed by atoms with van der Waals surface area (Å²) in [6.07, 6.45) is 3.86. The van der Waals surface area contributed by atoms with Crippen LogP contribution in [0.15, 0.2) is 48.8 Å². The largest absolute Gasteiger partial charge is 0.396 e. The molecule has 3 aromatic rings. The molecule has 0 saturated carbocycles. The van der Waals surface area contributed by atoms with E-state index in [1.54, 1.807) is 17.3 Å². The van der Waals surface area contributed by atoms with Crippen LogP contribution in [0.1, 0.15) is 22.3 Å². The zero-order valence-electron chi connectivity index (χ0n) is 15.0. The molecule has 0 aliphatic carbocycles. The van der Waals surface area contributed by atoms with Crippen LogP contribution in [0.4, 0.5) is 0 Å². The highest BCUT2D eigenvalue weighted by Crippen LogP contribution is 2.19. The lowest BCUT2D eigenvalue weighted by Gasteiger charge is -2.35. The van der Waals surface area contributed by atoms with Gasteiger partial charge in [-0.3, -0.25) is 4.79 Å². The Balaban J connectivity index is 1.57. The first-order chi connectivity index (χ1) is 13.3. The third-order valence-electron chi connectivity index (χ3n) is 4.85. The van der Waals surface area contributed by atoms with Crippen molar-refractivity contribution in [2.75, 3.05) is 26.4 Å². The number of benzene rings is 1. The van der Waals surface area contributed by atoms with Crippen LogP contribution in [-0.4, -0.2) is 63.1 Å². The molecule has 1 aromatic carbocycles. The average molecular weight is 366 g/mol. The standard InChI is InChI=1S/C20H22N4O3/c25-8-6-18-14-27-9-7-23(18)20(26)17-10-16-12-22-24(19(16)21-11-17)13-15-4-2-1-3-5-15/h1-5,10-12,18,25H,6-9,13-14H2. The van der Waals surface area contributed by atoms with E-state index in [0.717, 1.165) is 16.6 Å². The van der Waals surface area contributed by atoms with E-state index in [1.165, 1.54) is 0 Å². The molecule has 1 fully saturated rings. The smallest absolute Gasteiger partial charge is 0.255 e. The number of rotatable bonds is 5. The molecule has 1 aliphatic heterocycles. The Bertz CT molecular complexity index is 923. The highest BCUT2D eigenvalue weighted by molar-refractivity contribution is 5.97. The molecule has 1 amide bonds. The van der Waals surface area contributed by atoms with Gasteiger partial charge in [-0.1, -0.05) is 30.3 Å². The molecule has 1 unspecified atom stereocenters. The Kier molecular flexibility index (Phi) is 5.13. The van der Waals surface area contributed by atoms with Crippen LogP contribution in [0.2, 0.25) is 0 Å². The average Bonchev–Trinajstić information content (AvgIpc) is 3.11. The first kappa shape index (κ1) is 17.6. The lowest BCUT2D eigenvalue weighted by atomic mass is 10.1. The molecule has 7 nitrogen and oxygen atoms in total. The molecule has 4 rings (SSSR count). The van der Waals surface area contributed by atoms with E-state index in [-0.39, 0.29) is 18.6 Å². The third-order valence-corrected chi connectivity index (χ3v) is 4.85. The van der Waals surface area contributed by atoms with Gasteiger partial charge >= 0.3 is 0 Å². The normalized spacial score (nSPS) is 17.4. The number of fused-ring (bicyclic) bond motifs is 1. The predicted molar refractivity (Wildman–Crippen MR) is 100 cm³/mol. The maximum absolute atomic E-state index is 12.9. The van der Waals surface area contributed by atoms with Crippen LogP contribution in [0, 0.1) is 0 Å². The van der Waals surface area contributed by atoms with Crippen molar-refractivity contribution in [3.8, 4) is 0 Å². The summed E-state index contributed by atoms with van der Waals surface area (Å²) in [5, 5.41) is 14.5. The highest BCUT2D eigenvalue weighted by atomic mass is 16.5. The molecule has 0 spiro atoms. The van der Waals surface area contributed by atoms with E-state index in [4.69, 9.17) is 4.74 Å². The summed E-state index contributed by atoms with van der Waals surface area (Å²) < 4.78 is 7.28. The molecule has 1 N–H and O–H groups in total. The number of carbonyl (C=O) groups excluding carboxylic acids is 1. The number of ether oxygens (including phenoxy) is 1. The Hall–Kier alpha value is -2.77. The number of morpholine rings is 1. The van der Waals surface area contributed by atoms with Crippen molar-refractivity contribution >= 4 is 16.9 Å². The Morgan fingerprint density at radius 3 is 2.93 bits per heavy atom. The van der Waals surface area contributed by atoms with Crippen molar-refractivity contribution in [3.63, 3.8) is 0 Å². The van der Waals surface area contributed by atoms with E-state index in [1.807, 2.05) is 41.1 Å². The van der Waals surface area contributed by atoms with Crippen LogP contribution in [0.25, 0.3) is 11.0 Å². The SMILES string of the molecule is O=C(c1cnc2c(cnn2Cc2ccccc2)c1)N1CCOCC1CCO. The van der Waals surface area contributed by atoms with Gasteiger partial charge in [0.2, 0.25) is 0 Å². The fraction of sp³-hybridized carbons (Fsp3) is 0.350. The zero-order valence-corrected chi connectivity index (χ0v) is 15.0. The second kappa shape index (κ2) is 7.85. The lowest BCUT2D eigenvalue weighted by molar-refractivity contribution is -0.00830. The van der Waals surface area contributed by atoms with E-state index in [9.17, 15) is 9.90 Å². The van der Waals surface area contributed by atoms with Gasteiger partial charge in [-0.2, -0.15) is 5.10 Å². The molecule has 1 aliphatic rings. The Morgan fingerprint density at radius 1 is 1.26 bits per heavy atom. The summed E-state index contributed by atoms with van der Waals surface area (Å²) in [7, 11) is 0. The second-order valence-corrected chi connectivity index (χ2v) is 6.66. The van der Waals surface area contributed by atoms with Gasteiger partial charge in [0.25, 0.3) is 5.91 Å². The van der Waals surface area contributed by atoms with Crippen molar-refractivity contribution in [2.24, 2.45) is 0 Å². The van der Waals surface area contributed by atoms with Gasteiger partial charge in [-0.05, 0) is 18.1 Å². The topological polar surface area (TPSA) is 80.5 Å². The summed E-state index contributed by atoms with van der Waals surface area (Å²) in [6.45, 7) is 2.15.